The highest BCUT2D eigenvalue weighted by Gasteiger charge is 2.15. The molecule has 1 N–H and O–H groups in total. The minimum atomic E-state index is -1.00. The number of esters is 1. The Morgan fingerprint density at radius 1 is 1.36 bits per heavy atom. The summed E-state index contributed by atoms with van der Waals surface area (Å²) in [7, 11) is 0. The Morgan fingerprint density at radius 2 is 2.07 bits per heavy atom. The average Bonchev–Trinajstić information content (AvgIpc) is 2.17. The highest BCUT2D eigenvalue weighted by Crippen LogP contribution is 2.13. The van der Waals surface area contributed by atoms with E-state index in [2.05, 4.69) is 11.7 Å². The molecule has 3 nitrogen and oxygen atoms in total. The van der Waals surface area contributed by atoms with E-state index in [1.165, 1.54) is 31.0 Å². The monoisotopic (exact) mass is 220 g/mol. The second-order valence-corrected chi connectivity index (χ2v) is 4.22. The van der Waals surface area contributed by atoms with Crippen molar-refractivity contribution in [1.29, 1.82) is 0 Å². The third-order valence-corrected chi connectivity index (χ3v) is 2.79. The summed E-state index contributed by atoms with van der Waals surface area (Å²) in [6.45, 7) is 4.21. The van der Waals surface area contributed by atoms with Gasteiger partial charge in [-0.3, -0.25) is 0 Å². The van der Waals surface area contributed by atoms with E-state index in [1.54, 1.807) is 6.92 Å². The fraction of sp³-hybridized carbons (Fsp3) is 0.900. The van der Waals surface area contributed by atoms with E-state index >= 15 is 0 Å². The number of unbranched alkanes of at least 4 members (excludes halogenated alkanes) is 3. The Labute approximate surface area is 90.2 Å². The highest BCUT2D eigenvalue weighted by molar-refractivity contribution is 8.00. The predicted octanol–water partition coefficient (Wildman–Crippen LogP) is 2.18. The molecule has 0 aliphatic carbocycles. The predicted molar refractivity (Wildman–Crippen MR) is 59.2 cm³/mol. The fourth-order valence-electron chi connectivity index (χ4n) is 1.01. The topological polar surface area (TPSA) is 46.5 Å². The maximum atomic E-state index is 11.0. The zero-order chi connectivity index (χ0) is 10.8. The van der Waals surface area contributed by atoms with Crippen LogP contribution in [0.3, 0.4) is 0 Å². The van der Waals surface area contributed by atoms with E-state index in [0.29, 0.717) is 6.61 Å². The summed E-state index contributed by atoms with van der Waals surface area (Å²) < 4.78 is 4.67. The SMILES string of the molecule is CCCCCCSC(O)C(=O)OCC. The van der Waals surface area contributed by atoms with Gasteiger partial charge in [-0.2, -0.15) is 0 Å². The Balaban J connectivity index is 3.34. The molecule has 0 amide bonds. The summed E-state index contributed by atoms with van der Waals surface area (Å²) in [5.41, 5.74) is -1.00. The standard InChI is InChI=1S/C10H20O3S/c1-3-5-6-7-8-14-10(12)9(11)13-4-2/h10,12H,3-8H2,1-2H3. The number of thioether (sulfide) groups is 1. The van der Waals surface area contributed by atoms with E-state index in [-0.39, 0.29) is 0 Å². The van der Waals surface area contributed by atoms with Gasteiger partial charge < -0.3 is 9.84 Å². The molecular weight excluding hydrogens is 200 g/mol. The van der Waals surface area contributed by atoms with Crippen LogP contribution in [-0.4, -0.2) is 28.9 Å². The Morgan fingerprint density at radius 3 is 2.64 bits per heavy atom. The van der Waals surface area contributed by atoms with Crippen molar-refractivity contribution in [3.8, 4) is 0 Å². The normalized spacial score (nSPS) is 12.5. The van der Waals surface area contributed by atoms with Crippen molar-refractivity contribution in [2.45, 2.75) is 45.0 Å². The van der Waals surface area contributed by atoms with Gasteiger partial charge in [-0.25, -0.2) is 4.79 Å². The zero-order valence-electron chi connectivity index (χ0n) is 8.99. The van der Waals surface area contributed by atoms with Crippen LogP contribution in [0.5, 0.6) is 0 Å². The number of aliphatic hydroxyl groups excluding tert-OH is 1. The molecule has 0 saturated heterocycles. The third-order valence-electron chi connectivity index (χ3n) is 1.76. The molecule has 0 fully saturated rings. The molecule has 0 aromatic heterocycles. The molecular formula is C10H20O3S. The van der Waals surface area contributed by atoms with Crippen molar-refractivity contribution in [2.75, 3.05) is 12.4 Å². The highest BCUT2D eigenvalue weighted by atomic mass is 32.2. The average molecular weight is 220 g/mol. The molecule has 0 spiro atoms. The van der Waals surface area contributed by atoms with E-state index in [4.69, 9.17) is 0 Å². The molecule has 0 rings (SSSR count). The van der Waals surface area contributed by atoms with Gasteiger partial charge in [0, 0.05) is 0 Å². The van der Waals surface area contributed by atoms with Crippen LogP contribution >= 0.6 is 11.8 Å². The van der Waals surface area contributed by atoms with Crippen LogP contribution in [0.2, 0.25) is 0 Å². The lowest BCUT2D eigenvalue weighted by atomic mass is 10.2. The lowest BCUT2D eigenvalue weighted by molar-refractivity contribution is -0.148. The fourth-order valence-corrected chi connectivity index (χ4v) is 1.80. The molecule has 0 saturated carbocycles. The molecule has 1 unspecified atom stereocenters. The summed E-state index contributed by atoms with van der Waals surface area (Å²) >= 11 is 1.26. The molecule has 1 atom stereocenters. The van der Waals surface area contributed by atoms with Crippen LogP contribution in [-0.2, 0) is 9.53 Å². The minimum absolute atomic E-state index is 0.326. The smallest absolute Gasteiger partial charge is 0.345 e. The van der Waals surface area contributed by atoms with Gasteiger partial charge in [0.2, 0.25) is 0 Å². The maximum absolute atomic E-state index is 11.0. The number of ether oxygens (including phenoxy) is 1. The molecule has 0 aliphatic heterocycles. The molecule has 84 valence electrons. The van der Waals surface area contributed by atoms with Crippen molar-refractivity contribution in [3.05, 3.63) is 0 Å². The van der Waals surface area contributed by atoms with Crippen LogP contribution in [0, 0.1) is 0 Å². The molecule has 0 aromatic rings. The van der Waals surface area contributed by atoms with E-state index in [0.717, 1.165) is 12.2 Å². The quantitative estimate of drug-likeness (QED) is 0.387. The zero-order valence-corrected chi connectivity index (χ0v) is 9.81. The van der Waals surface area contributed by atoms with E-state index in [1.807, 2.05) is 0 Å². The first-order valence-corrected chi connectivity index (χ1v) is 6.23. The molecule has 0 bridgehead atoms. The third kappa shape index (κ3) is 7.21. The molecule has 0 heterocycles. The van der Waals surface area contributed by atoms with E-state index in [9.17, 15) is 9.90 Å². The van der Waals surface area contributed by atoms with Gasteiger partial charge in [-0.05, 0) is 19.1 Å². The van der Waals surface area contributed by atoms with Gasteiger partial charge in [0.1, 0.15) is 0 Å². The molecule has 0 aliphatic rings. The largest absolute Gasteiger partial charge is 0.463 e. The number of carbonyl (C=O) groups is 1. The summed E-state index contributed by atoms with van der Waals surface area (Å²) in [5, 5.41) is 9.29. The lowest BCUT2D eigenvalue weighted by Crippen LogP contribution is -2.19. The van der Waals surface area contributed by atoms with E-state index < -0.39 is 11.4 Å². The van der Waals surface area contributed by atoms with Gasteiger partial charge >= 0.3 is 5.97 Å². The maximum Gasteiger partial charge on any atom is 0.345 e. The first-order valence-electron chi connectivity index (χ1n) is 5.18. The Hall–Kier alpha value is -0.220. The second kappa shape index (κ2) is 9.34. The van der Waals surface area contributed by atoms with Crippen LogP contribution < -0.4 is 0 Å². The van der Waals surface area contributed by atoms with Crippen molar-refractivity contribution >= 4 is 17.7 Å². The first kappa shape index (κ1) is 13.8. The van der Waals surface area contributed by atoms with Crippen LogP contribution in [0.25, 0.3) is 0 Å². The number of aliphatic hydroxyl groups is 1. The number of carbonyl (C=O) groups excluding carboxylic acids is 1. The Kier molecular flexibility index (Phi) is 9.19. The van der Waals surface area contributed by atoms with Crippen molar-refractivity contribution < 1.29 is 14.6 Å². The molecule has 0 radical (unpaired) electrons. The number of hydrogen-bond donors (Lipinski definition) is 1. The second-order valence-electron chi connectivity index (χ2n) is 3.04. The van der Waals surface area contributed by atoms with Crippen molar-refractivity contribution in [3.63, 3.8) is 0 Å². The summed E-state index contributed by atoms with van der Waals surface area (Å²) in [6.07, 6.45) is 4.63. The van der Waals surface area contributed by atoms with Gasteiger partial charge in [0.05, 0.1) is 6.61 Å². The molecule has 0 aromatic carbocycles. The molecule has 14 heavy (non-hydrogen) atoms. The van der Waals surface area contributed by atoms with Gasteiger partial charge in [0.15, 0.2) is 5.44 Å². The molecule has 4 heteroatoms. The van der Waals surface area contributed by atoms with Crippen molar-refractivity contribution in [1.82, 2.24) is 0 Å². The van der Waals surface area contributed by atoms with Gasteiger partial charge in [-0.1, -0.05) is 26.2 Å². The Bertz CT molecular complexity index is 150. The number of hydrogen-bond acceptors (Lipinski definition) is 4. The lowest BCUT2D eigenvalue weighted by Gasteiger charge is -2.08. The minimum Gasteiger partial charge on any atom is -0.463 e. The summed E-state index contributed by atoms with van der Waals surface area (Å²) in [6, 6.07) is 0. The van der Waals surface area contributed by atoms with Crippen LogP contribution in [0.1, 0.15) is 39.5 Å². The first-order chi connectivity index (χ1) is 6.72. The van der Waals surface area contributed by atoms with Gasteiger partial charge in [0.25, 0.3) is 0 Å². The summed E-state index contributed by atoms with van der Waals surface area (Å²) in [4.78, 5) is 11.0. The van der Waals surface area contributed by atoms with Crippen LogP contribution in [0.4, 0.5) is 0 Å². The van der Waals surface area contributed by atoms with Crippen LogP contribution in [0.15, 0.2) is 0 Å². The van der Waals surface area contributed by atoms with Gasteiger partial charge in [-0.15, -0.1) is 11.8 Å². The summed E-state index contributed by atoms with van der Waals surface area (Å²) in [5.74, 6) is 0.299. The number of rotatable bonds is 8. The van der Waals surface area contributed by atoms with Crippen molar-refractivity contribution in [2.24, 2.45) is 0 Å².